The molecule has 1 aromatic carbocycles. The molecule has 0 aliphatic carbocycles. The average Bonchev–Trinajstić information content (AvgIpc) is 2.36. The summed E-state index contributed by atoms with van der Waals surface area (Å²) in [5.41, 5.74) is 0.439. The predicted octanol–water partition coefficient (Wildman–Crippen LogP) is 2.05. The molecule has 0 fully saturated rings. The molecule has 0 aliphatic heterocycles. The molecule has 2 aromatic rings. The van der Waals surface area contributed by atoms with E-state index in [1.807, 2.05) is 0 Å². The van der Waals surface area contributed by atoms with Crippen molar-refractivity contribution in [2.75, 3.05) is 5.75 Å². The number of para-hydroxylation sites is 1. The molecule has 0 saturated heterocycles. The largest absolute Gasteiger partial charge is 0.476 e. The number of carbonyl (C=O) groups is 2. The maximum atomic E-state index is 11.6. The van der Waals surface area contributed by atoms with Crippen LogP contribution in [-0.4, -0.2) is 27.6 Å². The Morgan fingerprint density at radius 2 is 2.00 bits per heavy atom. The lowest BCUT2D eigenvalue weighted by Crippen LogP contribution is -2.12. The van der Waals surface area contributed by atoms with Crippen molar-refractivity contribution in [3.63, 3.8) is 0 Å². The number of hydrogen-bond donors (Lipinski definition) is 2. The molecule has 0 radical (unpaired) electrons. The number of nitrogens with zero attached hydrogens (tertiary/aromatic N) is 1. The Morgan fingerprint density at radius 1 is 1.29 bits per heavy atom. The fraction of sp³-hybridized carbons (Fsp3) is 0.0833. The minimum atomic E-state index is -1.21. The number of thiol groups is 1. The quantitative estimate of drug-likeness (QED) is 0.643. The Labute approximate surface area is 103 Å². The van der Waals surface area contributed by atoms with Crippen LogP contribution in [0.1, 0.15) is 20.8 Å². The van der Waals surface area contributed by atoms with Gasteiger partial charge in [0, 0.05) is 5.39 Å². The third-order valence-electron chi connectivity index (χ3n) is 2.37. The lowest BCUT2D eigenvalue weighted by Gasteiger charge is -2.05. The smallest absolute Gasteiger partial charge is 0.355 e. The number of fused-ring (bicyclic) bond motifs is 1. The van der Waals surface area contributed by atoms with Gasteiger partial charge < -0.3 is 5.11 Å². The first-order valence-electron chi connectivity index (χ1n) is 4.90. The van der Waals surface area contributed by atoms with Crippen molar-refractivity contribution >= 4 is 35.3 Å². The molecule has 0 bridgehead atoms. The average molecular weight is 247 g/mol. The molecule has 17 heavy (non-hydrogen) atoms. The highest BCUT2D eigenvalue weighted by Crippen LogP contribution is 2.17. The van der Waals surface area contributed by atoms with Crippen molar-refractivity contribution in [3.05, 3.63) is 41.6 Å². The molecule has 4 nitrogen and oxygen atoms in total. The van der Waals surface area contributed by atoms with Gasteiger partial charge in [-0.25, -0.2) is 9.78 Å². The van der Waals surface area contributed by atoms with Crippen molar-refractivity contribution in [1.82, 2.24) is 4.98 Å². The van der Waals surface area contributed by atoms with Crippen LogP contribution < -0.4 is 0 Å². The molecular weight excluding hydrogens is 238 g/mol. The number of aromatic carboxylic acids is 1. The van der Waals surface area contributed by atoms with E-state index < -0.39 is 5.97 Å². The van der Waals surface area contributed by atoms with Gasteiger partial charge in [0.25, 0.3) is 0 Å². The molecule has 0 saturated carbocycles. The van der Waals surface area contributed by atoms with Crippen LogP contribution in [0.15, 0.2) is 30.3 Å². The van der Waals surface area contributed by atoms with Gasteiger partial charge in [-0.1, -0.05) is 18.2 Å². The first-order valence-corrected chi connectivity index (χ1v) is 5.54. The summed E-state index contributed by atoms with van der Waals surface area (Å²) < 4.78 is 0. The van der Waals surface area contributed by atoms with Crippen molar-refractivity contribution < 1.29 is 14.7 Å². The second kappa shape index (κ2) is 4.55. The lowest BCUT2D eigenvalue weighted by atomic mass is 10.1. The Kier molecular flexibility index (Phi) is 3.10. The van der Waals surface area contributed by atoms with Crippen molar-refractivity contribution in [2.45, 2.75) is 0 Å². The van der Waals surface area contributed by atoms with Crippen molar-refractivity contribution in [3.8, 4) is 0 Å². The minimum Gasteiger partial charge on any atom is -0.476 e. The SMILES string of the molecule is O=C(CS)c1cc2ccccc2nc1C(=O)O. The van der Waals surface area contributed by atoms with E-state index in [1.54, 1.807) is 30.3 Å². The molecule has 86 valence electrons. The Balaban J connectivity index is 2.75. The summed E-state index contributed by atoms with van der Waals surface area (Å²) >= 11 is 3.87. The van der Waals surface area contributed by atoms with Gasteiger partial charge in [-0.05, 0) is 12.1 Å². The van der Waals surface area contributed by atoms with Gasteiger partial charge in [-0.15, -0.1) is 0 Å². The first kappa shape index (κ1) is 11.6. The molecule has 1 N–H and O–H groups in total. The van der Waals surface area contributed by atoms with Crippen LogP contribution in [0.5, 0.6) is 0 Å². The highest BCUT2D eigenvalue weighted by molar-refractivity contribution is 7.81. The highest BCUT2D eigenvalue weighted by atomic mass is 32.1. The molecule has 0 unspecified atom stereocenters. The van der Waals surface area contributed by atoms with E-state index in [1.165, 1.54) is 0 Å². The number of rotatable bonds is 3. The van der Waals surface area contributed by atoms with E-state index in [9.17, 15) is 9.59 Å². The van der Waals surface area contributed by atoms with E-state index >= 15 is 0 Å². The van der Waals surface area contributed by atoms with E-state index in [4.69, 9.17) is 5.11 Å². The van der Waals surface area contributed by atoms with Gasteiger partial charge >= 0.3 is 5.97 Å². The van der Waals surface area contributed by atoms with Crippen LogP contribution in [0.25, 0.3) is 10.9 Å². The third kappa shape index (κ3) is 2.14. The number of Topliss-reactive ketones (excluding diaryl/α,β-unsaturated/α-hetero) is 1. The Hall–Kier alpha value is -1.88. The van der Waals surface area contributed by atoms with Crippen LogP contribution in [0.4, 0.5) is 0 Å². The molecule has 1 aromatic heterocycles. The number of ketones is 1. The van der Waals surface area contributed by atoms with E-state index in [-0.39, 0.29) is 22.8 Å². The van der Waals surface area contributed by atoms with E-state index in [2.05, 4.69) is 17.6 Å². The molecule has 0 aliphatic rings. The number of aromatic nitrogens is 1. The number of hydrogen-bond acceptors (Lipinski definition) is 4. The minimum absolute atomic E-state index is 0.0414. The summed E-state index contributed by atoms with van der Waals surface area (Å²) in [6.45, 7) is 0. The van der Waals surface area contributed by atoms with Gasteiger partial charge in [0.15, 0.2) is 11.5 Å². The molecule has 2 rings (SSSR count). The highest BCUT2D eigenvalue weighted by Gasteiger charge is 2.18. The summed E-state index contributed by atoms with van der Waals surface area (Å²) in [6.07, 6.45) is 0. The summed E-state index contributed by atoms with van der Waals surface area (Å²) in [5, 5.41) is 9.77. The summed E-state index contributed by atoms with van der Waals surface area (Å²) in [7, 11) is 0. The van der Waals surface area contributed by atoms with Gasteiger partial charge in [-0.3, -0.25) is 4.79 Å². The maximum Gasteiger partial charge on any atom is 0.355 e. The third-order valence-corrected chi connectivity index (χ3v) is 2.66. The maximum absolute atomic E-state index is 11.6. The van der Waals surface area contributed by atoms with Crippen molar-refractivity contribution in [1.29, 1.82) is 0 Å². The van der Waals surface area contributed by atoms with Gasteiger partial charge in [0.1, 0.15) is 0 Å². The molecule has 0 atom stereocenters. The lowest BCUT2D eigenvalue weighted by molar-refractivity contribution is 0.0686. The molecule has 1 heterocycles. The normalized spacial score (nSPS) is 10.4. The molecule has 0 amide bonds. The van der Waals surface area contributed by atoms with Gasteiger partial charge in [0.2, 0.25) is 0 Å². The zero-order valence-corrected chi connectivity index (χ0v) is 9.65. The second-order valence-electron chi connectivity index (χ2n) is 3.46. The fourth-order valence-electron chi connectivity index (χ4n) is 1.58. The van der Waals surface area contributed by atoms with Crippen LogP contribution in [0.3, 0.4) is 0 Å². The molecule has 5 heteroatoms. The van der Waals surface area contributed by atoms with Crippen molar-refractivity contribution in [2.24, 2.45) is 0 Å². The van der Waals surface area contributed by atoms with E-state index in [0.717, 1.165) is 5.39 Å². The Morgan fingerprint density at radius 3 is 2.65 bits per heavy atom. The summed E-state index contributed by atoms with van der Waals surface area (Å²) in [5.74, 6) is -1.59. The number of benzene rings is 1. The molecule has 0 spiro atoms. The zero-order chi connectivity index (χ0) is 12.4. The monoisotopic (exact) mass is 247 g/mol. The van der Waals surface area contributed by atoms with Crippen LogP contribution in [0, 0.1) is 0 Å². The second-order valence-corrected chi connectivity index (χ2v) is 3.78. The van der Waals surface area contributed by atoms with Crippen LogP contribution in [-0.2, 0) is 0 Å². The topological polar surface area (TPSA) is 67.3 Å². The van der Waals surface area contributed by atoms with Crippen LogP contribution >= 0.6 is 12.6 Å². The van der Waals surface area contributed by atoms with Gasteiger partial charge in [-0.2, -0.15) is 12.6 Å². The number of pyridine rings is 1. The fourth-order valence-corrected chi connectivity index (χ4v) is 1.75. The summed E-state index contributed by atoms with van der Waals surface area (Å²) in [6, 6.07) is 8.60. The van der Waals surface area contributed by atoms with Gasteiger partial charge in [0.05, 0.1) is 16.8 Å². The first-order chi connectivity index (χ1) is 8.13. The van der Waals surface area contributed by atoms with E-state index in [0.29, 0.717) is 5.52 Å². The van der Waals surface area contributed by atoms with Crippen LogP contribution in [0.2, 0.25) is 0 Å². The number of carbonyl (C=O) groups excluding carboxylic acids is 1. The standard InChI is InChI=1S/C12H9NO3S/c14-10(6-17)8-5-7-3-1-2-4-9(7)13-11(8)12(15)16/h1-5,17H,6H2,(H,15,16). The molecular formula is C12H9NO3S. The Bertz CT molecular complexity index is 610. The zero-order valence-electron chi connectivity index (χ0n) is 8.75. The number of carboxylic acid groups (broad SMARTS) is 1. The number of carboxylic acids is 1. The summed E-state index contributed by atoms with van der Waals surface area (Å²) in [4.78, 5) is 26.6. The predicted molar refractivity (Wildman–Crippen MR) is 66.9 cm³/mol.